The third-order valence-corrected chi connectivity index (χ3v) is 5.43. The number of phenolic OH excluding ortho intramolecular Hbond substituents is 1. The van der Waals surface area contributed by atoms with Gasteiger partial charge in [-0.15, -0.1) is 0 Å². The van der Waals surface area contributed by atoms with Gasteiger partial charge >= 0.3 is 0 Å². The lowest BCUT2D eigenvalue weighted by atomic mass is 9.80. The largest absolute Gasteiger partial charge is 0.507 e. The molecule has 2 bridgehead atoms. The monoisotopic (exact) mass is 348 g/mol. The van der Waals surface area contributed by atoms with Crippen LogP contribution in [0.4, 0.5) is 0 Å². The lowest BCUT2D eigenvalue weighted by molar-refractivity contribution is -0.341. The van der Waals surface area contributed by atoms with Crippen LogP contribution in [0.3, 0.4) is 0 Å². The highest BCUT2D eigenvalue weighted by molar-refractivity contribution is 6.08. The zero-order valence-electron chi connectivity index (χ0n) is 13.4. The van der Waals surface area contributed by atoms with Crippen LogP contribution in [0.5, 0.6) is 17.2 Å². The smallest absolute Gasteiger partial charge is 0.265 e. The Kier molecular flexibility index (Phi) is 2.26. The number of ketones is 2. The SMILES string of the molecule is O=C1C=CC23Oc4ccc(O)c5c4C(CCC5=O)(Oc4cccc1c42)O3. The van der Waals surface area contributed by atoms with E-state index < -0.39 is 11.6 Å². The van der Waals surface area contributed by atoms with Gasteiger partial charge in [0.2, 0.25) is 5.79 Å². The Hall–Kier alpha value is -3.12. The van der Waals surface area contributed by atoms with Gasteiger partial charge in [0.15, 0.2) is 11.6 Å². The van der Waals surface area contributed by atoms with E-state index in [1.165, 1.54) is 12.1 Å². The molecule has 2 aliphatic carbocycles. The van der Waals surface area contributed by atoms with Gasteiger partial charge in [-0.25, -0.2) is 0 Å². The molecule has 2 spiro atoms. The summed E-state index contributed by atoms with van der Waals surface area (Å²) in [5, 5.41) is 10.2. The molecule has 0 saturated carbocycles. The van der Waals surface area contributed by atoms with Gasteiger partial charge < -0.3 is 14.6 Å². The van der Waals surface area contributed by atoms with Crippen LogP contribution in [0.25, 0.3) is 0 Å². The first-order valence-corrected chi connectivity index (χ1v) is 8.38. The third kappa shape index (κ3) is 1.43. The standard InChI is InChI=1S/C20H12O6/c21-11-6-8-19-17-10(11)2-1-3-14(17)24-20(26-19)9-7-13(23)16-12(22)4-5-15(25-19)18(16)20/h1-6,8,22H,7,9H2. The number of hydrogen-bond acceptors (Lipinski definition) is 6. The number of carbonyl (C=O) groups excluding carboxylic acids is 2. The normalized spacial score (nSPS) is 29.4. The second kappa shape index (κ2) is 4.16. The van der Waals surface area contributed by atoms with E-state index in [0.29, 0.717) is 34.6 Å². The Bertz CT molecular complexity index is 1080. The summed E-state index contributed by atoms with van der Waals surface area (Å²) in [6.07, 6.45) is 3.51. The molecule has 2 aromatic carbocycles. The molecule has 26 heavy (non-hydrogen) atoms. The molecule has 2 unspecified atom stereocenters. The van der Waals surface area contributed by atoms with Gasteiger partial charge in [0, 0.05) is 18.4 Å². The molecule has 2 atom stereocenters. The summed E-state index contributed by atoms with van der Waals surface area (Å²) < 4.78 is 18.7. The Balaban J connectivity index is 1.72. The summed E-state index contributed by atoms with van der Waals surface area (Å²) >= 11 is 0. The Morgan fingerprint density at radius 2 is 1.85 bits per heavy atom. The number of rotatable bonds is 0. The van der Waals surface area contributed by atoms with E-state index in [-0.39, 0.29) is 29.3 Å². The minimum Gasteiger partial charge on any atom is -0.507 e. The maximum Gasteiger partial charge on any atom is 0.265 e. The van der Waals surface area contributed by atoms with Gasteiger partial charge in [-0.05, 0) is 30.4 Å². The molecule has 4 aliphatic rings. The van der Waals surface area contributed by atoms with E-state index in [1.54, 1.807) is 30.3 Å². The fourth-order valence-electron chi connectivity index (χ4n) is 4.39. The molecular formula is C20H12O6. The molecule has 0 radical (unpaired) electrons. The Morgan fingerprint density at radius 3 is 2.73 bits per heavy atom. The number of Topliss-reactive ketones (excluding diaryl/α,β-unsaturated/α-hetero) is 1. The summed E-state index contributed by atoms with van der Waals surface area (Å²) in [4.78, 5) is 24.7. The molecule has 0 amide bonds. The van der Waals surface area contributed by atoms with E-state index >= 15 is 0 Å². The number of carbonyl (C=O) groups is 2. The van der Waals surface area contributed by atoms with Crippen molar-refractivity contribution >= 4 is 11.6 Å². The van der Waals surface area contributed by atoms with Gasteiger partial charge in [0.25, 0.3) is 5.79 Å². The molecule has 0 aromatic heterocycles. The summed E-state index contributed by atoms with van der Waals surface area (Å²) in [7, 11) is 0. The van der Waals surface area contributed by atoms with Crippen LogP contribution in [0.15, 0.2) is 42.5 Å². The molecule has 128 valence electrons. The van der Waals surface area contributed by atoms with Crippen molar-refractivity contribution < 1.29 is 28.9 Å². The molecule has 0 fully saturated rings. The minimum atomic E-state index is -1.29. The predicted molar refractivity (Wildman–Crippen MR) is 87.3 cm³/mol. The van der Waals surface area contributed by atoms with Gasteiger partial charge in [-0.3, -0.25) is 14.3 Å². The zero-order valence-corrected chi connectivity index (χ0v) is 13.4. The van der Waals surface area contributed by atoms with Crippen molar-refractivity contribution in [3.8, 4) is 17.2 Å². The van der Waals surface area contributed by atoms with Gasteiger partial charge in [-0.1, -0.05) is 12.1 Å². The summed E-state index contributed by atoms with van der Waals surface area (Å²) in [6.45, 7) is 0. The molecule has 2 aromatic rings. The lowest BCUT2D eigenvalue weighted by Gasteiger charge is -2.53. The average Bonchev–Trinajstić information content (AvgIpc) is 2.63. The first-order valence-electron chi connectivity index (χ1n) is 8.38. The fraction of sp³-hybridized carbons (Fsp3) is 0.200. The highest BCUT2D eigenvalue weighted by Gasteiger charge is 2.61. The maximum atomic E-state index is 12.4. The fourth-order valence-corrected chi connectivity index (χ4v) is 4.39. The van der Waals surface area contributed by atoms with Crippen molar-refractivity contribution in [2.24, 2.45) is 0 Å². The van der Waals surface area contributed by atoms with E-state index in [4.69, 9.17) is 14.2 Å². The van der Waals surface area contributed by atoms with Crippen LogP contribution in [0, 0.1) is 0 Å². The number of hydrogen-bond donors (Lipinski definition) is 1. The second-order valence-corrected chi connectivity index (χ2v) is 6.86. The molecule has 6 nitrogen and oxygen atoms in total. The quantitative estimate of drug-likeness (QED) is 0.788. The van der Waals surface area contributed by atoms with Crippen molar-refractivity contribution in [2.45, 2.75) is 24.4 Å². The molecule has 0 saturated heterocycles. The van der Waals surface area contributed by atoms with Crippen LogP contribution in [-0.4, -0.2) is 16.7 Å². The maximum absolute atomic E-state index is 12.4. The van der Waals surface area contributed by atoms with Crippen molar-refractivity contribution in [1.29, 1.82) is 0 Å². The molecule has 1 N–H and O–H groups in total. The zero-order chi connectivity index (χ0) is 17.7. The highest BCUT2D eigenvalue weighted by atomic mass is 16.8. The van der Waals surface area contributed by atoms with Crippen molar-refractivity contribution in [3.63, 3.8) is 0 Å². The lowest BCUT2D eigenvalue weighted by Crippen LogP contribution is -2.57. The molecule has 6 heteroatoms. The molecule has 6 rings (SSSR count). The van der Waals surface area contributed by atoms with Crippen LogP contribution in [-0.2, 0) is 16.3 Å². The van der Waals surface area contributed by atoms with Crippen molar-refractivity contribution in [2.75, 3.05) is 0 Å². The van der Waals surface area contributed by atoms with E-state index in [1.807, 2.05) is 0 Å². The third-order valence-electron chi connectivity index (χ3n) is 5.43. The first-order chi connectivity index (χ1) is 12.5. The number of ether oxygens (including phenoxy) is 3. The van der Waals surface area contributed by atoms with Gasteiger partial charge in [0.05, 0.1) is 16.7 Å². The molecule has 2 aliphatic heterocycles. The number of benzene rings is 2. The topological polar surface area (TPSA) is 82.1 Å². The van der Waals surface area contributed by atoms with Gasteiger partial charge in [-0.2, -0.15) is 0 Å². The van der Waals surface area contributed by atoms with Crippen molar-refractivity contribution in [1.82, 2.24) is 0 Å². The summed E-state index contributed by atoms with van der Waals surface area (Å²) in [5.74, 6) is -2.07. The Labute approximate surface area is 147 Å². The Morgan fingerprint density at radius 1 is 1.00 bits per heavy atom. The van der Waals surface area contributed by atoms with Crippen molar-refractivity contribution in [3.05, 3.63) is 64.7 Å². The number of aromatic hydroxyl groups is 1. The number of phenols is 1. The predicted octanol–water partition coefficient (Wildman–Crippen LogP) is 2.93. The number of allylic oxidation sites excluding steroid dienone is 1. The van der Waals surface area contributed by atoms with Crippen LogP contribution in [0.2, 0.25) is 0 Å². The van der Waals surface area contributed by atoms with E-state index in [0.717, 1.165) is 0 Å². The average molecular weight is 348 g/mol. The van der Waals surface area contributed by atoms with E-state index in [9.17, 15) is 14.7 Å². The van der Waals surface area contributed by atoms with Crippen LogP contribution in [0.1, 0.15) is 44.7 Å². The van der Waals surface area contributed by atoms with Crippen LogP contribution >= 0.6 is 0 Å². The highest BCUT2D eigenvalue weighted by Crippen LogP contribution is 2.60. The van der Waals surface area contributed by atoms with E-state index in [2.05, 4.69) is 0 Å². The summed E-state index contributed by atoms with van der Waals surface area (Å²) in [5.41, 5.74) is 1.60. The summed E-state index contributed by atoms with van der Waals surface area (Å²) in [6, 6.07) is 8.26. The molecule has 2 heterocycles. The van der Waals surface area contributed by atoms with Gasteiger partial charge in [0.1, 0.15) is 17.2 Å². The first kappa shape index (κ1) is 14.1. The minimum absolute atomic E-state index is 0.117. The second-order valence-electron chi connectivity index (χ2n) is 6.86. The van der Waals surface area contributed by atoms with Crippen LogP contribution < -0.4 is 9.47 Å². The molecular weight excluding hydrogens is 336 g/mol.